The van der Waals surface area contributed by atoms with Crippen LogP contribution in [0.2, 0.25) is 0 Å². The quantitative estimate of drug-likeness (QED) is 0.531. The Bertz CT molecular complexity index is 1180. The third-order valence-corrected chi connectivity index (χ3v) is 6.00. The lowest BCUT2D eigenvalue weighted by atomic mass is 10.1. The third-order valence-electron chi connectivity index (χ3n) is 5.15. The van der Waals surface area contributed by atoms with Crippen molar-refractivity contribution in [2.24, 2.45) is 10.1 Å². The fourth-order valence-electron chi connectivity index (χ4n) is 3.45. The van der Waals surface area contributed by atoms with Crippen molar-refractivity contribution >= 4 is 17.6 Å². The number of hydrogen-bond donors (Lipinski definition) is 2. The Morgan fingerprint density at radius 2 is 2.06 bits per heavy atom. The monoisotopic (exact) mass is 455 g/mol. The molecule has 1 unspecified atom stereocenters. The molecule has 1 fully saturated rings. The van der Waals surface area contributed by atoms with Crippen LogP contribution in [0.3, 0.4) is 0 Å². The van der Waals surface area contributed by atoms with Crippen LogP contribution in [0.1, 0.15) is 18.4 Å². The van der Waals surface area contributed by atoms with Crippen LogP contribution in [-0.2, 0) is 4.74 Å². The zero-order chi connectivity index (χ0) is 22.5. The minimum atomic E-state index is -0.0422. The molecule has 0 radical (unpaired) electrons. The first-order valence-corrected chi connectivity index (χ1v) is 11.1. The number of thiazole rings is 1. The maximum absolute atomic E-state index is 10.4. The van der Waals surface area contributed by atoms with Gasteiger partial charge in [0.2, 0.25) is 4.80 Å². The van der Waals surface area contributed by atoms with Gasteiger partial charge in [0.1, 0.15) is 23.0 Å². The number of methoxy groups -OCH3 is 2. The van der Waals surface area contributed by atoms with Gasteiger partial charge in [-0.3, -0.25) is 4.99 Å². The molecule has 0 saturated carbocycles. The molecule has 0 spiro atoms. The maximum atomic E-state index is 10.4. The first-order valence-electron chi connectivity index (χ1n) is 10.2. The number of aromatic nitrogens is 1. The van der Waals surface area contributed by atoms with Crippen LogP contribution in [0.5, 0.6) is 23.0 Å². The highest BCUT2D eigenvalue weighted by atomic mass is 32.1. The molecule has 0 amide bonds. The van der Waals surface area contributed by atoms with Crippen LogP contribution in [0.4, 0.5) is 0 Å². The Morgan fingerprint density at radius 1 is 1.19 bits per heavy atom. The van der Waals surface area contributed by atoms with E-state index in [-0.39, 0.29) is 17.6 Å². The molecule has 168 valence electrons. The lowest BCUT2D eigenvalue weighted by Gasteiger charge is -2.09. The SMILES string of the molecule is COc1ccc(/C=N/n2c(-c3ccc(O)cc3O)csc2=NCC2CCCO2)c(OC)c1. The summed E-state index contributed by atoms with van der Waals surface area (Å²) in [6, 6.07) is 9.95. The average molecular weight is 456 g/mol. The highest BCUT2D eigenvalue weighted by molar-refractivity contribution is 7.07. The summed E-state index contributed by atoms with van der Waals surface area (Å²) in [4.78, 5) is 5.40. The summed E-state index contributed by atoms with van der Waals surface area (Å²) >= 11 is 1.42. The van der Waals surface area contributed by atoms with Crippen molar-refractivity contribution in [2.75, 3.05) is 27.4 Å². The van der Waals surface area contributed by atoms with Crippen molar-refractivity contribution in [3.8, 4) is 34.3 Å². The standard InChI is InChI=1S/C23H25N3O5S/c1-29-17-7-5-15(22(11-17)30-2)12-25-26-20(19-8-6-16(27)10-21(19)28)14-32-23(26)24-13-18-4-3-9-31-18/h5-8,10-12,14,18,27-28H,3-4,9,13H2,1-2H3/b24-23?,25-12+. The number of phenols is 2. The van der Waals surface area contributed by atoms with E-state index in [1.54, 1.807) is 37.2 Å². The van der Waals surface area contributed by atoms with Gasteiger partial charge in [-0.25, -0.2) is 4.68 Å². The van der Waals surface area contributed by atoms with Crippen molar-refractivity contribution in [2.45, 2.75) is 18.9 Å². The van der Waals surface area contributed by atoms with E-state index in [0.29, 0.717) is 34.1 Å². The highest BCUT2D eigenvalue weighted by Crippen LogP contribution is 2.32. The molecule has 1 aromatic heterocycles. The molecule has 3 aromatic rings. The molecule has 2 aromatic carbocycles. The van der Waals surface area contributed by atoms with Gasteiger partial charge in [0.15, 0.2) is 0 Å². The smallest absolute Gasteiger partial charge is 0.206 e. The Morgan fingerprint density at radius 3 is 2.78 bits per heavy atom. The van der Waals surface area contributed by atoms with Gasteiger partial charge in [-0.15, -0.1) is 11.3 Å². The van der Waals surface area contributed by atoms with Crippen molar-refractivity contribution in [1.29, 1.82) is 0 Å². The van der Waals surface area contributed by atoms with Crippen LogP contribution >= 0.6 is 11.3 Å². The molecule has 1 aliphatic heterocycles. The maximum Gasteiger partial charge on any atom is 0.206 e. The number of ether oxygens (including phenoxy) is 3. The lowest BCUT2D eigenvalue weighted by Crippen LogP contribution is -2.17. The first kappa shape index (κ1) is 21.9. The number of aromatic hydroxyl groups is 2. The van der Waals surface area contributed by atoms with Crippen LogP contribution < -0.4 is 14.3 Å². The van der Waals surface area contributed by atoms with E-state index in [2.05, 4.69) is 5.10 Å². The molecule has 8 nitrogen and oxygen atoms in total. The molecular formula is C23H25N3O5S. The summed E-state index contributed by atoms with van der Waals surface area (Å²) < 4.78 is 18.1. The van der Waals surface area contributed by atoms with Crippen LogP contribution in [-0.4, -0.2) is 54.6 Å². The Kier molecular flexibility index (Phi) is 6.77. The number of phenolic OH excluding ortho intramolecular Hbond substituents is 2. The van der Waals surface area contributed by atoms with Crippen molar-refractivity contribution in [1.82, 2.24) is 4.68 Å². The summed E-state index contributed by atoms with van der Waals surface area (Å²) in [6.45, 7) is 1.32. The van der Waals surface area contributed by atoms with Crippen molar-refractivity contribution in [3.05, 3.63) is 52.1 Å². The average Bonchev–Trinajstić information content (AvgIpc) is 3.46. The Balaban J connectivity index is 1.76. The van der Waals surface area contributed by atoms with E-state index in [1.165, 1.54) is 23.5 Å². The van der Waals surface area contributed by atoms with Gasteiger partial charge < -0.3 is 24.4 Å². The molecular weight excluding hydrogens is 430 g/mol. The lowest BCUT2D eigenvalue weighted by molar-refractivity contribution is 0.117. The minimum absolute atomic E-state index is 0.0113. The number of rotatable bonds is 7. The molecule has 32 heavy (non-hydrogen) atoms. The van der Waals surface area contributed by atoms with Crippen molar-refractivity contribution < 1.29 is 24.4 Å². The molecule has 2 heterocycles. The number of benzene rings is 2. The van der Waals surface area contributed by atoms with Gasteiger partial charge >= 0.3 is 0 Å². The zero-order valence-electron chi connectivity index (χ0n) is 17.9. The van der Waals surface area contributed by atoms with Gasteiger partial charge in [0, 0.05) is 35.2 Å². The summed E-state index contributed by atoms with van der Waals surface area (Å²) in [5.74, 6) is 1.25. The molecule has 1 saturated heterocycles. The van der Waals surface area contributed by atoms with E-state index in [9.17, 15) is 10.2 Å². The molecule has 0 bridgehead atoms. The fraction of sp³-hybridized carbons (Fsp3) is 0.304. The van der Waals surface area contributed by atoms with Crippen LogP contribution in [0.25, 0.3) is 11.3 Å². The minimum Gasteiger partial charge on any atom is -0.508 e. The molecule has 9 heteroatoms. The normalized spacial score (nSPS) is 16.7. The summed E-state index contributed by atoms with van der Waals surface area (Å²) in [5.41, 5.74) is 1.96. The second kappa shape index (κ2) is 9.88. The van der Waals surface area contributed by atoms with E-state index >= 15 is 0 Å². The highest BCUT2D eigenvalue weighted by Gasteiger charge is 2.16. The summed E-state index contributed by atoms with van der Waals surface area (Å²) in [6.07, 6.45) is 3.83. The van der Waals surface area contributed by atoms with Gasteiger partial charge in [0.05, 0.1) is 38.8 Å². The number of nitrogens with zero attached hydrogens (tertiary/aromatic N) is 3. The van der Waals surface area contributed by atoms with Gasteiger partial charge in [-0.2, -0.15) is 5.10 Å². The Labute approximate surface area is 189 Å². The van der Waals surface area contributed by atoms with E-state index in [4.69, 9.17) is 19.2 Å². The van der Waals surface area contributed by atoms with E-state index in [1.807, 2.05) is 17.5 Å². The second-order valence-corrected chi connectivity index (χ2v) is 8.08. The first-order chi connectivity index (χ1) is 15.6. The molecule has 1 atom stereocenters. The molecule has 0 aliphatic carbocycles. The van der Waals surface area contributed by atoms with E-state index < -0.39 is 0 Å². The van der Waals surface area contributed by atoms with Crippen molar-refractivity contribution in [3.63, 3.8) is 0 Å². The van der Waals surface area contributed by atoms with Crippen LogP contribution in [0, 0.1) is 0 Å². The predicted molar refractivity (Wildman–Crippen MR) is 123 cm³/mol. The topological polar surface area (TPSA) is 97.8 Å². The molecule has 2 N–H and O–H groups in total. The molecule has 4 rings (SSSR count). The van der Waals surface area contributed by atoms with E-state index in [0.717, 1.165) is 25.0 Å². The van der Waals surface area contributed by atoms with Gasteiger partial charge in [-0.05, 0) is 37.1 Å². The zero-order valence-corrected chi connectivity index (χ0v) is 18.7. The summed E-state index contributed by atoms with van der Waals surface area (Å²) in [5, 5.41) is 26.6. The fourth-order valence-corrected chi connectivity index (χ4v) is 4.29. The largest absolute Gasteiger partial charge is 0.508 e. The van der Waals surface area contributed by atoms with Crippen LogP contribution in [0.15, 0.2) is 51.9 Å². The van der Waals surface area contributed by atoms with Gasteiger partial charge in [0.25, 0.3) is 0 Å². The predicted octanol–water partition coefficient (Wildman–Crippen LogP) is 3.61. The summed E-state index contributed by atoms with van der Waals surface area (Å²) in [7, 11) is 3.19. The van der Waals surface area contributed by atoms with Gasteiger partial charge in [-0.1, -0.05) is 0 Å². The number of hydrogen-bond acceptors (Lipinski definition) is 8. The Hall–Kier alpha value is -3.30. The molecule has 1 aliphatic rings. The second-order valence-electron chi connectivity index (χ2n) is 7.24. The third kappa shape index (κ3) is 4.79.